The van der Waals surface area contributed by atoms with E-state index < -0.39 is 0 Å². The van der Waals surface area contributed by atoms with Crippen LogP contribution in [0.2, 0.25) is 0 Å². The molecule has 0 bridgehead atoms. The van der Waals surface area contributed by atoms with Crippen molar-refractivity contribution >= 4 is 65.4 Å². The molecule has 11 rings (SSSR count). The Morgan fingerprint density at radius 2 is 0.855 bits per heavy atom. The highest BCUT2D eigenvalue weighted by atomic mass is 15.0. The first kappa shape index (κ1) is 30.7. The van der Waals surface area contributed by atoms with E-state index in [0.717, 1.165) is 82.8 Å². The maximum Gasteiger partial charge on any atom is 0.102 e. The molecule has 5 heteroatoms. The molecular weight excluding hydrogens is 671 g/mol. The predicted octanol–water partition coefficient (Wildman–Crippen LogP) is 12.4. The molecule has 0 spiro atoms. The Bertz CT molecular complexity index is 3400. The number of fused-ring (bicyclic) bond motifs is 9. The highest BCUT2D eigenvalue weighted by Crippen LogP contribution is 2.39. The van der Waals surface area contributed by atoms with E-state index in [1.165, 1.54) is 10.8 Å². The van der Waals surface area contributed by atoms with E-state index in [1.54, 1.807) is 0 Å². The van der Waals surface area contributed by atoms with Crippen LogP contribution >= 0.6 is 0 Å². The van der Waals surface area contributed by atoms with Crippen molar-refractivity contribution in [2.24, 2.45) is 0 Å². The zero-order valence-electron chi connectivity index (χ0n) is 29.5. The Balaban J connectivity index is 1.10. The van der Waals surface area contributed by atoms with E-state index in [9.17, 15) is 10.5 Å². The van der Waals surface area contributed by atoms with Crippen LogP contribution in [0.1, 0.15) is 11.1 Å². The van der Waals surface area contributed by atoms with Crippen LogP contribution in [0.15, 0.2) is 176 Å². The van der Waals surface area contributed by atoms with Gasteiger partial charge in [0, 0.05) is 49.3 Å². The smallest absolute Gasteiger partial charge is 0.102 e. The van der Waals surface area contributed by atoms with E-state index >= 15 is 0 Å². The minimum absolute atomic E-state index is 0.612. The van der Waals surface area contributed by atoms with Gasteiger partial charge < -0.3 is 13.7 Å². The van der Waals surface area contributed by atoms with Crippen molar-refractivity contribution in [1.29, 1.82) is 10.5 Å². The van der Waals surface area contributed by atoms with Crippen molar-refractivity contribution in [2.45, 2.75) is 0 Å². The summed E-state index contributed by atoms with van der Waals surface area (Å²) in [5.41, 5.74) is 12.5. The molecule has 3 heterocycles. The lowest BCUT2D eigenvalue weighted by atomic mass is 9.98. The van der Waals surface area contributed by atoms with E-state index in [1.807, 2.05) is 30.3 Å². The molecule has 0 aliphatic carbocycles. The lowest BCUT2D eigenvalue weighted by molar-refractivity contribution is 1.15. The van der Waals surface area contributed by atoms with Gasteiger partial charge in [0.05, 0.1) is 56.0 Å². The van der Waals surface area contributed by atoms with Gasteiger partial charge in [-0.3, -0.25) is 0 Å². The molecule has 254 valence electrons. The Morgan fingerprint density at radius 3 is 1.45 bits per heavy atom. The van der Waals surface area contributed by atoms with Crippen LogP contribution in [0.3, 0.4) is 0 Å². The number of para-hydroxylation sites is 4. The SMILES string of the molecule is N#Cc1ccc2c(c1)c1ccccc1n2-c1ccc2c3ccccc3n(-c3cccc(-c4ccc(-n5c6ccccc6c6ccccc65)cc4)c3C#N)c2c1. The predicted molar refractivity (Wildman–Crippen MR) is 224 cm³/mol. The largest absolute Gasteiger partial charge is 0.309 e. The van der Waals surface area contributed by atoms with Gasteiger partial charge in [-0.15, -0.1) is 0 Å². The van der Waals surface area contributed by atoms with Crippen LogP contribution in [0.25, 0.3) is 93.6 Å². The molecule has 0 fully saturated rings. The molecule has 3 aromatic heterocycles. The summed E-state index contributed by atoms with van der Waals surface area (Å²) in [4.78, 5) is 0. The van der Waals surface area contributed by atoms with Crippen molar-refractivity contribution in [3.63, 3.8) is 0 Å². The summed E-state index contributed by atoms with van der Waals surface area (Å²) in [6.07, 6.45) is 0. The molecule has 0 atom stereocenters. The lowest BCUT2D eigenvalue weighted by Gasteiger charge is -2.15. The number of hydrogen-bond acceptors (Lipinski definition) is 2. The first-order chi connectivity index (χ1) is 27.2. The summed E-state index contributed by atoms with van der Waals surface area (Å²) in [6.45, 7) is 0. The second-order valence-electron chi connectivity index (χ2n) is 14.0. The second kappa shape index (κ2) is 11.8. The van der Waals surface area contributed by atoms with Crippen molar-refractivity contribution in [1.82, 2.24) is 13.7 Å². The molecule has 0 N–H and O–H groups in total. The van der Waals surface area contributed by atoms with Crippen molar-refractivity contribution in [3.05, 3.63) is 187 Å². The van der Waals surface area contributed by atoms with Crippen LogP contribution in [-0.4, -0.2) is 13.7 Å². The summed E-state index contributed by atoms with van der Waals surface area (Å²) in [6, 6.07) is 65.9. The molecule has 0 saturated carbocycles. The minimum Gasteiger partial charge on any atom is -0.309 e. The van der Waals surface area contributed by atoms with Crippen molar-refractivity contribution < 1.29 is 0 Å². The highest BCUT2D eigenvalue weighted by Gasteiger charge is 2.20. The fraction of sp³-hybridized carbons (Fsp3) is 0. The second-order valence-corrected chi connectivity index (χ2v) is 14.0. The Morgan fingerprint density at radius 1 is 0.345 bits per heavy atom. The third-order valence-electron chi connectivity index (χ3n) is 11.1. The summed E-state index contributed by atoms with van der Waals surface area (Å²) in [7, 11) is 0. The highest BCUT2D eigenvalue weighted by molar-refractivity contribution is 6.13. The number of benzene rings is 8. The van der Waals surface area contributed by atoms with Crippen LogP contribution in [0.5, 0.6) is 0 Å². The molecule has 8 aromatic carbocycles. The third-order valence-corrected chi connectivity index (χ3v) is 11.1. The van der Waals surface area contributed by atoms with Gasteiger partial charge in [0.2, 0.25) is 0 Å². The van der Waals surface area contributed by atoms with E-state index in [4.69, 9.17) is 0 Å². The molecule has 0 unspecified atom stereocenters. The molecule has 0 aliphatic rings. The molecule has 0 amide bonds. The van der Waals surface area contributed by atoms with Gasteiger partial charge in [0.25, 0.3) is 0 Å². The van der Waals surface area contributed by atoms with Crippen LogP contribution in [0.4, 0.5) is 0 Å². The quantitative estimate of drug-likeness (QED) is 0.184. The average Bonchev–Trinajstić information content (AvgIpc) is 3.88. The van der Waals surface area contributed by atoms with Crippen molar-refractivity contribution in [2.75, 3.05) is 0 Å². The fourth-order valence-electron chi connectivity index (χ4n) is 8.75. The molecular formula is C50H29N5. The number of rotatable bonds is 4. The molecule has 5 nitrogen and oxygen atoms in total. The van der Waals surface area contributed by atoms with Gasteiger partial charge in [-0.2, -0.15) is 10.5 Å². The minimum atomic E-state index is 0.612. The Labute approximate surface area is 316 Å². The number of nitrogens with zero attached hydrogens (tertiary/aromatic N) is 5. The first-order valence-corrected chi connectivity index (χ1v) is 18.3. The summed E-state index contributed by atoms with van der Waals surface area (Å²) in [5.74, 6) is 0. The average molecular weight is 700 g/mol. The van der Waals surface area contributed by atoms with Crippen molar-refractivity contribution in [3.8, 4) is 40.3 Å². The first-order valence-electron chi connectivity index (χ1n) is 18.3. The summed E-state index contributed by atoms with van der Waals surface area (Å²) < 4.78 is 6.82. The third kappa shape index (κ3) is 4.45. The molecule has 0 saturated heterocycles. The molecule has 11 aromatic rings. The van der Waals surface area contributed by atoms with Crippen LogP contribution in [-0.2, 0) is 0 Å². The van der Waals surface area contributed by atoms with Gasteiger partial charge >= 0.3 is 0 Å². The standard InChI is InChI=1S/C50H29N5/c51-30-32-20-27-49-42(28-32)40-13-4-7-17-46(40)54(49)35-25-26-41-39-12-3-8-18-47(39)55(50(41)29-35)48-19-9-14-36(43(48)31-52)33-21-23-34(24-22-33)53-44-15-5-1-10-37(44)38-11-2-6-16-45(38)53/h1-29H. The number of aromatic nitrogens is 3. The fourth-order valence-corrected chi connectivity index (χ4v) is 8.75. The summed E-state index contributed by atoms with van der Waals surface area (Å²) >= 11 is 0. The van der Waals surface area contributed by atoms with E-state index in [2.05, 4.69) is 171 Å². The summed E-state index contributed by atoms with van der Waals surface area (Å²) in [5, 5.41) is 27.4. The number of nitriles is 2. The van der Waals surface area contributed by atoms with Gasteiger partial charge in [-0.1, -0.05) is 103 Å². The molecule has 0 aliphatic heterocycles. The van der Waals surface area contributed by atoms with E-state index in [-0.39, 0.29) is 0 Å². The Hall–Kier alpha value is -7.86. The molecule has 0 radical (unpaired) electrons. The zero-order chi connectivity index (χ0) is 36.6. The normalized spacial score (nSPS) is 11.6. The van der Waals surface area contributed by atoms with Gasteiger partial charge in [0.15, 0.2) is 0 Å². The van der Waals surface area contributed by atoms with Gasteiger partial charge in [-0.25, -0.2) is 0 Å². The monoisotopic (exact) mass is 699 g/mol. The topological polar surface area (TPSA) is 62.4 Å². The maximum atomic E-state index is 10.9. The Kier molecular flexibility index (Phi) is 6.61. The zero-order valence-corrected chi connectivity index (χ0v) is 29.5. The number of hydrogen-bond donors (Lipinski definition) is 0. The lowest BCUT2D eigenvalue weighted by Crippen LogP contribution is -2.01. The van der Waals surface area contributed by atoms with Crippen LogP contribution < -0.4 is 0 Å². The van der Waals surface area contributed by atoms with Gasteiger partial charge in [0.1, 0.15) is 6.07 Å². The van der Waals surface area contributed by atoms with Crippen LogP contribution in [0, 0.1) is 22.7 Å². The van der Waals surface area contributed by atoms with Gasteiger partial charge in [-0.05, 0) is 78.4 Å². The molecule has 55 heavy (non-hydrogen) atoms. The maximum absolute atomic E-state index is 10.9. The van der Waals surface area contributed by atoms with E-state index in [0.29, 0.717) is 11.1 Å².